The van der Waals surface area contributed by atoms with E-state index in [1.54, 1.807) is 0 Å². The van der Waals surface area contributed by atoms with E-state index in [0.29, 0.717) is 23.5 Å². The first-order valence-electron chi connectivity index (χ1n) is 6.85. The highest BCUT2D eigenvalue weighted by Gasteiger charge is 2.63. The maximum Gasteiger partial charge on any atom is 0.139 e. The average Bonchev–Trinajstić information content (AvgIpc) is 2.64. The highest BCUT2D eigenvalue weighted by molar-refractivity contribution is 6.18. The van der Waals surface area contributed by atoms with Crippen LogP contribution in [-0.4, -0.2) is 42.1 Å². The SMILES string of the molecule is CC12CCC(CC1=O)C2(C)CN(CCCl)CCCl. The number of carbonyl (C=O) groups excluding carboxylic acids is 1. The first-order chi connectivity index (χ1) is 8.48. The molecule has 2 fully saturated rings. The highest BCUT2D eigenvalue weighted by atomic mass is 35.5. The van der Waals surface area contributed by atoms with Crippen LogP contribution in [0.3, 0.4) is 0 Å². The Bertz CT molecular complexity index is 330. The van der Waals surface area contributed by atoms with Crippen molar-refractivity contribution in [3.63, 3.8) is 0 Å². The Hall–Kier alpha value is 0.210. The third-order valence-corrected chi connectivity index (χ3v) is 5.89. The second-order valence-electron chi connectivity index (χ2n) is 6.27. The van der Waals surface area contributed by atoms with E-state index in [0.717, 1.165) is 32.5 Å². The van der Waals surface area contributed by atoms with E-state index >= 15 is 0 Å². The maximum absolute atomic E-state index is 12.2. The maximum atomic E-state index is 12.2. The molecule has 2 aliphatic carbocycles. The molecule has 4 heteroatoms. The summed E-state index contributed by atoms with van der Waals surface area (Å²) >= 11 is 11.7. The van der Waals surface area contributed by atoms with Crippen molar-refractivity contribution in [3.8, 4) is 0 Å². The van der Waals surface area contributed by atoms with Crippen molar-refractivity contribution in [2.24, 2.45) is 16.7 Å². The van der Waals surface area contributed by atoms with Crippen molar-refractivity contribution >= 4 is 29.0 Å². The van der Waals surface area contributed by atoms with Gasteiger partial charge in [-0.1, -0.05) is 13.8 Å². The van der Waals surface area contributed by atoms with Gasteiger partial charge in [-0.2, -0.15) is 0 Å². The number of hydrogen-bond donors (Lipinski definition) is 0. The fraction of sp³-hybridized carbons (Fsp3) is 0.929. The Morgan fingerprint density at radius 3 is 2.28 bits per heavy atom. The van der Waals surface area contributed by atoms with Gasteiger partial charge in [0, 0.05) is 43.2 Å². The molecule has 0 aromatic heterocycles. The van der Waals surface area contributed by atoms with Gasteiger partial charge in [-0.05, 0) is 24.2 Å². The molecular weight excluding hydrogens is 269 g/mol. The van der Waals surface area contributed by atoms with E-state index in [2.05, 4.69) is 18.7 Å². The van der Waals surface area contributed by atoms with Gasteiger partial charge in [0.1, 0.15) is 5.78 Å². The van der Waals surface area contributed by atoms with Crippen LogP contribution in [0.25, 0.3) is 0 Å². The quantitative estimate of drug-likeness (QED) is 0.701. The van der Waals surface area contributed by atoms with Crippen molar-refractivity contribution < 1.29 is 4.79 Å². The zero-order valence-corrected chi connectivity index (χ0v) is 12.9. The van der Waals surface area contributed by atoms with E-state index < -0.39 is 0 Å². The molecule has 2 nitrogen and oxygen atoms in total. The Morgan fingerprint density at radius 1 is 1.28 bits per heavy atom. The number of ketones is 1. The molecule has 18 heavy (non-hydrogen) atoms. The van der Waals surface area contributed by atoms with Gasteiger partial charge in [-0.15, -0.1) is 23.2 Å². The van der Waals surface area contributed by atoms with Gasteiger partial charge in [-0.25, -0.2) is 0 Å². The summed E-state index contributed by atoms with van der Waals surface area (Å²) in [6.45, 7) is 7.15. The predicted octanol–water partition coefficient (Wildman–Crippen LogP) is 3.16. The molecule has 0 heterocycles. The number of fused-ring (bicyclic) bond motifs is 2. The molecule has 0 saturated heterocycles. The number of halogens is 2. The van der Waals surface area contributed by atoms with Gasteiger partial charge in [0.2, 0.25) is 0 Å². The minimum Gasteiger partial charge on any atom is -0.300 e. The van der Waals surface area contributed by atoms with E-state index in [9.17, 15) is 4.79 Å². The van der Waals surface area contributed by atoms with Gasteiger partial charge < -0.3 is 4.90 Å². The summed E-state index contributed by atoms with van der Waals surface area (Å²) in [6, 6.07) is 0. The molecule has 0 N–H and O–H groups in total. The van der Waals surface area contributed by atoms with Gasteiger partial charge in [0.05, 0.1) is 0 Å². The van der Waals surface area contributed by atoms with Crippen molar-refractivity contribution in [1.29, 1.82) is 0 Å². The van der Waals surface area contributed by atoms with E-state index in [4.69, 9.17) is 23.2 Å². The zero-order chi connectivity index (χ0) is 13.4. The summed E-state index contributed by atoms with van der Waals surface area (Å²) in [5, 5.41) is 0. The number of nitrogens with zero attached hydrogens (tertiary/aromatic N) is 1. The fourth-order valence-electron chi connectivity index (χ4n) is 4.03. The zero-order valence-electron chi connectivity index (χ0n) is 11.3. The molecule has 2 rings (SSSR count). The second-order valence-corrected chi connectivity index (χ2v) is 7.02. The van der Waals surface area contributed by atoms with Crippen LogP contribution >= 0.6 is 23.2 Å². The van der Waals surface area contributed by atoms with Gasteiger partial charge >= 0.3 is 0 Å². The van der Waals surface area contributed by atoms with Gasteiger partial charge in [0.25, 0.3) is 0 Å². The molecule has 0 aromatic carbocycles. The molecule has 2 bridgehead atoms. The molecular formula is C14H23Cl2NO. The number of rotatable bonds is 6. The molecule has 0 spiro atoms. The summed E-state index contributed by atoms with van der Waals surface area (Å²) in [7, 11) is 0. The lowest BCUT2D eigenvalue weighted by Gasteiger charge is -2.40. The molecule has 2 saturated carbocycles. The molecule has 2 aliphatic rings. The summed E-state index contributed by atoms with van der Waals surface area (Å²) in [4.78, 5) is 14.5. The second kappa shape index (κ2) is 5.30. The van der Waals surface area contributed by atoms with Crippen LogP contribution in [0.5, 0.6) is 0 Å². The number of alkyl halides is 2. The predicted molar refractivity (Wildman–Crippen MR) is 76.4 cm³/mol. The Morgan fingerprint density at radius 2 is 1.89 bits per heavy atom. The molecule has 0 amide bonds. The normalized spacial score (nSPS) is 38.9. The third kappa shape index (κ3) is 2.10. The Kier molecular flexibility index (Phi) is 4.30. The molecule has 0 aliphatic heterocycles. The van der Waals surface area contributed by atoms with Crippen LogP contribution < -0.4 is 0 Å². The number of Topliss-reactive ketones (excluding diaryl/α,β-unsaturated/α-hetero) is 1. The highest BCUT2D eigenvalue weighted by Crippen LogP contribution is 2.63. The van der Waals surface area contributed by atoms with E-state index in [-0.39, 0.29) is 10.8 Å². The minimum absolute atomic E-state index is 0.113. The summed E-state index contributed by atoms with van der Waals surface area (Å²) < 4.78 is 0. The minimum atomic E-state index is -0.117. The largest absolute Gasteiger partial charge is 0.300 e. The van der Waals surface area contributed by atoms with Crippen molar-refractivity contribution in [2.45, 2.75) is 33.1 Å². The van der Waals surface area contributed by atoms with Crippen molar-refractivity contribution in [2.75, 3.05) is 31.4 Å². The van der Waals surface area contributed by atoms with Crippen molar-refractivity contribution in [1.82, 2.24) is 4.90 Å². The molecule has 0 aromatic rings. The topological polar surface area (TPSA) is 20.3 Å². The standard InChI is InChI=1S/C14H23Cl2NO/c1-13-4-3-11(9-12(13)18)14(13,2)10-17(7-5-15)8-6-16/h11H,3-10H2,1-2H3. The van der Waals surface area contributed by atoms with Crippen LogP contribution in [0.15, 0.2) is 0 Å². The lowest BCUT2D eigenvalue weighted by molar-refractivity contribution is -0.129. The third-order valence-electron chi connectivity index (χ3n) is 5.56. The molecule has 0 radical (unpaired) electrons. The Balaban J connectivity index is 2.14. The van der Waals surface area contributed by atoms with Crippen molar-refractivity contribution in [3.05, 3.63) is 0 Å². The molecule has 3 unspecified atom stereocenters. The fourth-order valence-corrected chi connectivity index (χ4v) is 4.51. The van der Waals surface area contributed by atoms with Gasteiger partial charge in [0.15, 0.2) is 0 Å². The van der Waals surface area contributed by atoms with Crippen LogP contribution in [-0.2, 0) is 4.79 Å². The van der Waals surface area contributed by atoms with Gasteiger partial charge in [-0.3, -0.25) is 4.79 Å². The van der Waals surface area contributed by atoms with Crippen LogP contribution in [0, 0.1) is 16.7 Å². The summed E-state index contributed by atoms with van der Waals surface area (Å²) in [6.07, 6.45) is 3.04. The molecule has 104 valence electrons. The first-order valence-corrected chi connectivity index (χ1v) is 7.92. The summed E-state index contributed by atoms with van der Waals surface area (Å²) in [5.74, 6) is 2.28. The first kappa shape index (κ1) is 14.6. The Labute approximate surface area is 120 Å². The van der Waals surface area contributed by atoms with E-state index in [1.165, 1.54) is 6.42 Å². The summed E-state index contributed by atoms with van der Waals surface area (Å²) in [5.41, 5.74) is -0.00323. The average molecular weight is 292 g/mol. The van der Waals surface area contributed by atoms with Crippen LogP contribution in [0.1, 0.15) is 33.1 Å². The lowest BCUT2D eigenvalue weighted by Crippen LogP contribution is -2.45. The van der Waals surface area contributed by atoms with E-state index in [1.807, 2.05) is 0 Å². The smallest absolute Gasteiger partial charge is 0.139 e. The van der Waals surface area contributed by atoms with Crippen LogP contribution in [0.4, 0.5) is 0 Å². The lowest BCUT2D eigenvalue weighted by atomic mass is 9.68. The monoisotopic (exact) mass is 291 g/mol. The number of carbonyl (C=O) groups is 1. The number of hydrogen-bond acceptors (Lipinski definition) is 2. The van der Waals surface area contributed by atoms with Crippen LogP contribution in [0.2, 0.25) is 0 Å². The molecule has 3 atom stereocenters.